The van der Waals surface area contributed by atoms with Crippen molar-refractivity contribution in [3.63, 3.8) is 0 Å². The van der Waals surface area contributed by atoms with Crippen molar-refractivity contribution in [2.24, 2.45) is 0 Å². The van der Waals surface area contributed by atoms with Crippen LogP contribution in [-0.4, -0.2) is 65.8 Å². The molecule has 0 aliphatic carbocycles. The van der Waals surface area contributed by atoms with Crippen molar-refractivity contribution in [1.29, 1.82) is 0 Å². The molecule has 1 heterocycles. The Morgan fingerprint density at radius 3 is 2.18 bits per heavy atom. The van der Waals surface area contributed by atoms with Gasteiger partial charge in [-0.2, -0.15) is 0 Å². The summed E-state index contributed by atoms with van der Waals surface area (Å²) < 4.78 is 13.4. The maximum Gasteiger partial charge on any atom is 0.254 e. The van der Waals surface area contributed by atoms with Crippen LogP contribution >= 0.6 is 0 Å². The van der Waals surface area contributed by atoms with Crippen molar-refractivity contribution >= 4 is 11.8 Å². The smallest absolute Gasteiger partial charge is 0.254 e. The van der Waals surface area contributed by atoms with Gasteiger partial charge >= 0.3 is 0 Å². The second-order valence-corrected chi connectivity index (χ2v) is 8.67. The minimum atomic E-state index is -0.288. The van der Waals surface area contributed by atoms with E-state index < -0.39 is 0 Å². The fourth-order valence-corrected chi connectivity index (χ4v) is 4.25. The molecule has 0 aromatic heterocycles. The first-order valence-corrected chi connectivity index (χ1v) is 11.7. The number of aryl methyl sites for hydroxylation is 1. The normalized spacial score (nSPS) is 14.1. The van der Waals surface area contributed by atoms with Gasteiger partial charge in [-0.1, -0.05) is 48.5 Å². The van der Waals surface area contributed by atoms with Crippen LogP contribution in [0.4, 0.5) is 4.39 Å². The van der Waals surface area contributed by atoms with Crippen molar-refractivity contribution in [3.8, 4) is 0 Å². The van der Waals surface area contributed by atoms with Crippen molar-refractivity contribution in [2.45, 2.75) is 13.5 Å². The zero-order valence-electron chi connectivity index (χ0n) is 19.5. The van der Waals surface area contributed by atoms with Gasteiger partial charge in [-0.15, -0.1) is 0 Å². The van der Waals surface area contributed by atoms with E-state index in [1.165, 1.54) is 12.1 Å². The molecular weight excluding hydrogens is 429 g/mol. The minimum Gasteiger partial charge on any atom is -0.336 e. The molecule has 3 aromatic rings. The van der Waals surface area contributed by atoms with E-state index in [9.17, 15) is 14.0 Å². The topological polar surface area (TPSA) is 43.9 Å². The van der Waals surface area contributed by atoms with Crippen LogP contribution in [-0.2, 0) is 6.54 Å². The standard InChI is InChI=1S/C28H30FN3O2/c1-22-7-5-6-10-26(22)28(34)32(21-23-11-13-25(29)14-12-23)20-17-30-15-18-31(19-16-30)27(33)24-8-3-2-4-9-24/h2-14H,15-21H2,1H3. The molecule has 34 heavy (non-hydrogen) atoms. The average molecular weight is 460 g/mol. The van der Waals surface area contributed by atoms with Crippen molar-refractivity contribution in [3.05, 3.63) is 107 Å². The molecular formula is C28H30FN3O2. The number of rotatable bonds is 7. The highest BCUT2D eigenvalue weighted by Gasteiger charge is 2.24. The Morgan fingerprint density at radius 1 is 0.853 bits per heavy atom. The first-order valence-electron chi connectivity index (χ1n) is 11.7. The quantitative estimate of drug-likeness (QED) is 0.531. The largest absolute Gasteiger partial charge is 0.336 e. The van der Waals surface area contributed by atoms with E-state index in [4.69, 9.17) is 0 Å². The van der Waals surface area contributed by atoms with Gasteiger partial charge in [0.2, 0.25) is 0 Å². The third kappa shape index (κ3) is 5.88. The van der Waals surface area contributed by atoms with E-state index in [0.29, 0.717) is 43.9 Å². The molecule has 0 radical (unpaired) electrons. The summed E-state index contributed by atoms with van der Waals surface area (Å²) in [5.74, 6) is -0.253. The summed E-state index contributed by atoms with van der Waals surface area (Å²) in [5.41, 5.74) is 3.22. The highest BCUT2D eigenvalue weighted by Crippen LogP contribution is 2.15. The lowest BCUT2D eigenvalue weighted by Crippen LogP contribution is -2.50. The van der Waals surface area contributed by atoms with Crippen molar-refractivity contribution in [1.82, 2.24) is 14.7 Å². The van der Waals surface area contributed by atoms with Crippen LogP contribution in [0.25, 0.3) is 0 Å². The highest BCUT2D eigenvalue weighted by atomic mass is 19.1. The second kappa shape index (κ2) is 11.1. The monoisotopic (exact) mass is 459 g/mol. The molecule has 0 spiro atoms. The van der Waals surface area contributed by atoms with E-state index >= 15 is 0 Å². The Morgan fingerprint density at radius 2 is 1.50 bits per heavy atom. The molecule has 1 saturated heterocycles. The second-order valence-electron chi connectivity index (χ2n) is 8.67. The van der Waals surface area contributed by atoms with E-state index in [1.807, 2.05) is 71.3 Å². The van der Waals surface area contributed by atoms with Crippen LogP contribution < -0.4 is 0 Å². The number of amides is 2. The van der Waals surface area contributed by atoms with Gasteiger partial charge in [-0.25, -0.2) is 4.39 Å². The van der Waals surface area contributed by atoms with Crippen LogP contribution in [0.1, 0.15) is 31.8 Å². The first kappa shape index (κ1) is 23.6. The maximum atomic E-state index is 13.4. The van der Waals surface area contributed by atoms with Gasteiger partial charge in [0.1, 0.15) is 5.82 Å². The van der Waals surface area contributed by atoms with Gasteiger partial charge in [-0.05, 0) is 48.4 Å². The molecule has 6 heteroatoms. The minimum absolute atomic E-state index is 0.0275. The molecule has 0 bridgehead atoms. The molecule has 0 N–H and O–H groups in total. The van der Waals surface area contributed by atoms with Gasteiger partial charge in [0.05, 0.1) is 0 Å². The summed E-state index contributed by atoms with van der Waals surface area (Å²) >= 11 is 0. The van der Waals surface area contributed by atoms with E-state index in [2.05, 4.69) is 4.90 Å². The number of hydrogen-bond acceptors (Lipinski definition) is 3. The fraction of sp³-hybridized carbons (Fsp3) is 0.286. The summed E-state index contributed by atoms with van der Waals surface area (Å²) in [6, 6.07) is 23.2. The third-order valence-electron chi connectivity index (χ3n) is 6.32. The Balaban J connectivity index is 1.38. The van der Waals surface area contributed by atoms with Crippen LogP contribution in [0.5, 0.6) is 0 Å². The predicted molar refractivity (Wildman–Crippen MR) is 131 cm³/mol. The molecule has 2 amide bonds. The van der Waals surface area contributed by atoms with Gasteiger partial charge in [0, 0.05) is 56.9 Å². The molecule has 176 valence electrons. The fourth-order valence-electron chi connectivity index (χ4n) is 4.25. The molecule has 0 atom stereocenters. The number of halogens is 1. The predicted octanol–water partition coefficient (Wildman–Crippen LogP) is 4.23. The van der Waals surface area contributed by atoms with E-state index in [1.54, 1.807) is 12.1 Å². The highest BCUT2D eigenvalue weighted by molar-refractivity contribution is 5.95. The summed E-state index contributed by atoms with van der Waals surface area (Å²) in [4.78, 5) is 32.1. The van der Waals surface area contributed by atoms with Crippen LogP contribution in [0.15, 0.2) is 78.9 Å². The number of carbonyl (C=O) groups is 2. The van der Waals surface area contributed by atoms with Gasteiger partial charge in [-0.3, -0.25) is 14.5 Å². The number of piperazine rings is 1. The molecule has 1 aliphatic rings. The van der Waals surface area contributed by atoms with Crippen molar-refractivity contribution in [2.75, 3.05) is 39.3 Å². The van der Waals surface area contributed by atoms with Crippen LogP contribution in [0, 0.1) is 12.7 Å². The Kier molecular flexibility index (Phi) is 7.70. The van der Waals surface area contributed by atoms with Crippen LogP contribution in [0.3, 0.4) is 0 Å². The zero-order chi connectivity index (χ0) is 23.9. The van der Waals surface area contributed by atoms with Crippen molar-refractivity contribution < 1.29 is 14.0 Å². The molecule has 3 aromatic carbocycles. The molecule has 4 rings (SSSR count). The lowest BCUT2D eigenvalue weighted by Gasteiger charge is -2.36. The van der Waals surface area contributed by atoms with E-state index in [0.717, 1.165) is 24.2 Å². The third-order valence-corrected chi connectivity index (χ3v) is 6.32. The average Bonchev–Trinajstić information content (AvgIpc) is 2.88. The number of nitrogens with zero attached hydrogens (tertiary/aromatic N) is 3. The SMILES string of the molecule is Cc1ccccc1C(=O)N(CCN1CCN(C(=O)c2ccccc2)CC1)Cc1ccc(F)cc1. The first-order chi connectivity index (χ1) is 16.5. The van der Waals surface area contributed by atoms with Gasteiger partial charge < -0.3 is 9.80 Å². The summed E-state index contributed by atoms with van der Waals surface area (Å²) in [6.45, 7) is 6.48. The summed E-state index contributed by atoms with van der Waals surface area (Å²) in [5, 5.41) is 0. The maximum absolute atomic E-state index is 13.4. The van der Waals surface area contributed by atoms with Gasteiger partial charge in [0.25, 0.3) is 11.8 Å². The number of hydrogen-bond donors (Lipinski definition) is 0. The molecule has 1 fully saturated rings. The van der Waals surface area contributed by atoms with E-state index in [-0.39, 0.29) is 17.6 Å². The summed E-state index contributed by atoms with van der Waals surface area (Å²) in [6.07, 6.45) is 0. The Hall–Kier alpha value is -3.51. The van der Waals surface area contributed by atoms with Crippen LogP contribution in [0.2, 0.25) is 0 Å². The van der Waals surface area contributed by atoms with Gasteiger partial charge in [0.15, 0.2) is 0 Å². The Bertz CT molecular complexity index is 1110. The molecule has 1 aliphatic heterocycles. The summed E-state index contributed by atoms with van der Waals surface area (Å²) in [7, 11) is 0. The zero-order valence-corrected chi connectivity index (χ0v) is 19.5. The molecule has 0 unspecified atom stereocenters. The number of benzene rings is 3. The molecule has 5 nitrogen and oxygen atoms in total. The lowest BCUT2D eigenvalue weighted by molar-refractivity contribution is 0.0598. The Labute approximate surface area is 200 Å². The lowest BCUT2D eigenvalue weighted by atomic mass is 10.1. The number of carbonyl (C=O) groups excluding carboxylic acids is 2. The molecule has 0 saturated carbocycles.